The van der Waals surface area contributed by atoms with E-state index < -0.39 is 0 Å². The van der Waals surface area contributed by atoms with Crippen LogP contribution in [0.25, 0.3) is 0 Å². The molecule has 1 aromatic rings. The van der Waals surface area contributed by atoms with Crippen molar-refractivity contribution in [1.82, 2.24) is 0 Å². The molecule has 0 radical (unpaired) electrons. The van der Waals surface area contributed by atoms with Gasteiger partial charge in [-0.1, -0.05) is 31.2 Å². The van der Waals surface area contributed by atoms with E-state index in [9.17, 15) is 0 Å². The van der Waals surface area contributed by atoms with Crippen LogP contribution in [0.3, 0.4) is 0 Å². The lowest BCUT2D eigenvalue weighted by molar-refractivity contribution is 0.134. The number of ether oxygens (including phenoxy) is 2. The normalized spacial score (nSPS) is 9.65. The molecule has 0 atom stereocenters. The van der Waals surface area contributed by atoms with Gasteiger partial charge >= 0.3 is 0 Å². The summed E-state index contributed by atoms with van der Waals surface area (Å²) in [6, 6.07) is 8.59. The molecule has 2 heteroatoms. The summed E-state index contributed by atoms with van der Waals surface area (Å²) in [6.45, 7) is 11.4. The highest BCUT2D eigenvalue weighted by molar-refractivity contribution is 5.21. The summed E-state index contributed by atoms with van der Waals surface area (Å²) in [5.41, 5.74) is 2.64. The van der Waals surface area contributed by atoms with Crippen LogP contribution in [-0.4, -0.2) is 19.8 Å². The Balaban J connectivity index is 0.000000437. The molecule has 98 valence electrons. The fourth-order valence-corrected chi connectivity index (χ4v) is 1.30. The van der Waals surface area contributed by atoms with Crippen molar-refractivity contribution in [1.29, 1.82) is 0 Å². The molecule has 17 heavy (non-hydrogen) atoms. The molecule has 0 spiro atoms. The molecule has 0 N–H and O–H groups in total. The molecule has 0 amide bonds. The summed E-state index contributed by atoms with van der Waals surface area (Å²) in [6.07, 6.45) is 1.11. The monoisotopic (exact) mass is 238 g/mol. The molecule has 2 nitrogen and oxygen atoms in total. The molecule has 0 aromatic heterocycles. The topological polar surface area (TPSA) is 18.5 Å². The van der Waals surface area contributed by atoms with Crippen LogP contribution in [0.2, 0.25) is 0 Å². The second kappa shape index (κ2) is 11.6. The first-order valence-corrected chi connectivity index (χ1v) is 6.51. The third-order valence-electron chi connectivity index (χ3n) is 2.31. The molecule has 0 unspecified atom stereocenters. The molecule has 1 rings (SSSR count). The molecular formula is C15H26O2. The highest BCUT2D eigenvalue weighted by Gasteiger charge is 1.91. The van der Waals surface area contributed by atoms with Crippen LogP contribution >= 0.6 is 0 Å². The van der Waals surface area contributed by atoms with Gasteiger partial charge in [-0.2, -0.15) is 0 Å². The van der Waals surface area contributed by atoms with Gasteiger partial charge in [0.2, 0.25) is 0 Å². The summed E-state index contributed by atoms with van der Waals surface area (Å²) >= 11 is 0. The van der Waals surface area contributed by atoms with Crippen molar-refractivity contribution in [2.75, 3.05) is 19.8 Å². The summed E-state index contributed by atoms with van der Waals surface area (Å²) in [5, 5.41) is 0. The summed E-state index contributed by atoms with van der Waals surface area (Å²) in [7, 11) is 0. The Morgan fingerprint density at radius 1 is 0.706 bits per heavy atom. The quantitative estimate of drug-likeness (QED) is 0.750. The fraction of sp³-hybridized carbons (Fsp3) is 0.600. The minimum Gasteiger partial charge on any atom is -0.382 e. The minimum atomic E-state index is 0.737. The molecule has 0 aliphatic rings. The lowest BCUT2D eigenvalue weighted by Gasteiger charge is -2.02. The molecule has 0 aliphatic carbocycles. The summed E-state index contributed by atoms with van der Waals surface area (Å²) < 4.78 is 10.1. The number of hydrogen-bond donors (Lipinski definition) is 0. The van der Waals surface area contributed by atoms with E-state index in [2.05, 4.69) is 31.2 Å². The van der Waals surface area contributed by atoms with E-state index in [-0.39, 0.29) is 0 Å². The second-order valence-corrected chi connectivity index (χ2v) is 3.59. The summed E-state index contributed by atoms with van der Waals surface area (Å²) in [5.74, 6) is 0. The number of hydrogen-bond acceptors (Lipinski definition) is 2. The first-order valence-electron chi connectivity index (χ1n) is 6.51. The number of benzene rings is 1. The summed E-state index contributed by atoms with van der Waals surface area (Å²) in [4.78, 5) is 0. The maximum absolute atomic E-state index is 5.29. The molecule has 0 fully saturated rings. The van der Waals surface area contributed by atoms with Gasteiger partial charge in [0.1, 0.15) is 0 Å². The molecular weight excluding hydrogens is 212 g/mol. The van der Waals surface area contributed by atoms with Crippen molar-refractivity contribution in [3.63, 3.8) is 0 Å². The van der Waals surface area contributed by atoms with Crippen molar-refractivity contribution in [3.05, 3.63) is 35.4 Å². The predicted molar refractivity (Wildman–Crippen MR) is 73.3 cm³/mol. The maximum Gasteiger partial charge on any atom is 0.0716 e. The van der Waals surface area contributed by atoms with E-state index in [1.54, 1.807) is 0 Å². The third-order valence-corrected chi connectivity index (χ3v) is 2.31. The molecule has 0 heterocycles. The predicted octanol–water partition coefficient (Wildman–Crippen LogP) is 3.83. The van der Waals surface area contributed by atoms with Crippen LogP contribution < -0.4 is 0 Å². The van der Waals surface area contributed by atoms with Crippen molar-refractivity contribution < 1.29 is 9.47 Å². The Hall–Kier alpha value is -0.860. The SMILES string of the molecule is CCOCC.CCOCc1ccc(CC)cc1. The van der Waals surface area contributed by atoms with Crippen LogP contribution in [-0.2, 0) is 22.5 Å². The van der Waals surface area contributed by atoms with Crippen LogP contribution in [0.1, 0.15) is 38.8 Å². The van der Waals surface area contributed by atoms with E-state index >= 15 is 0 Å². The van der Waals surface area contributed by atoms with Crippen LogP contribution in [0.5, 0.6) is 0 Å². The highest BCUT2D eigenvalue weighted by atomic mass is 16.5. The van der Waals surface area contributed by atoms with Gasteiger partial charge in [-0.25, -0.2) is 0 Å². The van der Waals surface area contributed by atoms with Crippen LogP contribution in [0.4, 0.5) is 0 Å². The first kappa shape index (κ1) is 16.1. The Labute approximate surface area is 106 Å². The molecule has 0 aliphatic heterocycles. The lowest BCUT2D eigenvalue weighted by Crippen LogP contribution is -1.91. The standard InChI is InChI=1S/C11H16O.C4H10O/c1-3-10-5-7-11(8-6-10)9-12-4-2;1-3-5-4-2/h5-8H,3-4,9H2,1-2H3;3-4H2,1-2H3. The molecule has 0 saturated heterocycles. The Morgan fingerprint density at radius 3 is 1.53 bits per heavy atom. The van der Waals surface area contributed by atoms with E-state index in [4.69, 9.17) is 9.47 Å². The van der Waals surface area contributed by atoms with Crippen molar-refractivity contribution in [2.24, 2.45) is 0 Å². The smallest absolute Gasteiger partial charge is 0.0716 e. The van der Waals surface area contributed by atoms with Gasteiger partial charge in [0.05, 0.1) is 6.61 Å². The Bertz CT molecular complexity index is 252. The van der Waals surface area contributed by atoms with Gasteiger partial charge in [-0.15, -0.1) is 0 Å². The number of rotatable bonds is 6. The van der Waals surface area contributed by atoms with Crippen LogP contribution in [0.15, 0.2) is 24.3 Å². The van der Waals surface area contributed by atoms with Gasteiger partial charge in [-0.05, 0) is 38.3 Å². The highest BCUT2D eigenvalue weighted by Crippen LogP contribution is 2.05. The molecule has 0 bridgehead atoms. The zero-order valence-corrected chi connectivity index (χ0v) is 11.7. The van der Waals surface area contributed by atoms with Crippen LogP contribution in [0, 0.1) is 0 Å². The van der Waals surface area contributed by atoms with E-state index in [1.165, 1.54) is 11.1 Å². The van der Waals surface area contributed by atoms with Gasteiger partial charge in [0.25, 0.3) is 0 Å². The van der Waals surface area contributed by atoms with E-state index in [0.29, 0.717) is 0 Å². The van der Waals surface area contributed by atoms with Crippen molar-refractivity contribution in [2.45, 2.75) is 40.7 Å². The van der Waals surface area contributed by atoms with E-state index in [0.717, 1.165) is 32.8 Å². The van der Waals surface area contributed by atoms with E-state index in [1.807, 2.05) is 20.8 Å². The average molecular weight is 238 g/mol. The number of aryl methyl sites for hydroxylation is 1. The first-order chi connectivity index (χ1) is 8.28. The Morgan fingerprint density at radius 2 is 1.18 bits per heavy atom. The zero-order valence-electron chi connectivity index (χ0n) is 11.7. The molecule has 0 saturated carbocycles. The zero-order chi connectivity index (χ0) is 12.9. The maximum atomic E-state index is 5.29. The van der Waals surface area contributed by atoms with Gasteiger partial charge < -0.3 is 9.47 Å². The fourth-order valence-electron chi connectivity index (χ4n) is 1.30. The van der Waals surface area contributed by atoms with Crippen molar-refractivity contribution in [3.8, 4) is 0 Å². The van der Waals surface area contributed by atoms with Crippen molar-refractivity contribution >= 4 is 0 Å². The van der Waals surface area contributed by atoms with Gasteiger partial charge in [0.15, 0.2) is 0 Å². The lowest BCUT2D eigenvalue weighted by atomic mass is 10.1. The average Bonchev–Trinajstić information content (AvgIpc) is 2.38. The van der Waals surface area contributed by atoms with Gasteiger partial charge in [-0.3, -0.25) is 0 Å². The third kappa shape index (κ3) is 8.90. The minimum absolute atomic E-state index is 0.737. The largest absolute Gasteiger partial charge is 0.382 e. The second-order valence-electron chi connectivity index (χ2n) is 3.59. The molecule has 1 aromatic carbocycles. The van der Waals surface area contributed by atoms with Gasteiger partial charge in [0, 0.05) is 19.8 Å². The Kier molecular flexibility index (Phi) is 11.0.